The fourth-order valence-corrected chi connectivity index (χ4v) is 2.23. The van der Waals surface area contributed by atoms with Gasteiger partial charge in [-0.25, -0.2) is 14.2 Å². The Kier molecular flexibility index (Phi) is 3.47. The Balaban J connectivity index is 2.05. The van der Waals surface area contributed by atoms with Gasteiger partial charge in [-0.2, -0.15) is 0 Å². The SMILES string of the molecule is COC(=O)c1ccc(-c2ccc3cc(O)cc(F)c3n2)cc1. The van der Waals surface area contributed by atoms with Crippen LogP contribution < -0.4 is 0 Å². The van der Waals surface area contributed by atoms with Crippen molar-refractivity contribution >= 4 is 16.9 Å². The Labute approximate surface area is 125 Å². The minimum absolute atomic E-state index is 0.137. The number of carbonyl (C=O) groups excluding carboxylic acids is 1. The van der Waals surface area contributed by atoms with Gasteiger partial charge in [-0.05, 0) is 24.3 Å². The van der Waals surface area contributed by atoms with Crippen LogP contribution in [0, 0.1) is 5.82 Å². The molecule has 0 fully saturated rings. The van der Waals surface area contributed by atoms with E-state index in [1.54, 1.807) is 36.4 Å². The number of benzene rings is 2. The molecule has 0 saturated carbocycles. The summed E-state index contributed by atoms with van der Waals surface area (Å²) in [4.78, 5) is 15.7. The van der Waals surface area contributed by atoms with Crippen molar-refractivity contribution < 1.29 is 19.0 Å². The van der Waals surface area contributed by atoms with Gasteiger partial charge in [-0.3, -0.25) is 0 Å². The monoisotopic (exact) mass is 297 g/mol. The molecule has 1 N–H and O–H groups in total. The molecule has 110 valence electrons. The lowest BCUT2D eigenvalue weighted by Gasteiger charge is -2.06. The van der Waals surface area contributed by atoms with Crippen molar-refractivity contribution in [2.75, 3.05) is 7.11 Å². The van der Waals surface area contributed by atoms with E-state index in [9.17, 15) is 14.3 Å². The average molecular weight is 297 g/mol. The number of rotatable bonds is 2. The van der Waals surface area contributed by atoms with E-state index in [1.165, 1.54) is 13.2 Å². The molecule has 0 aliphatic rings. The normalized spacial score (nSPS) is 10.6. The Hall–Kier alpha value is -2.95. The van der Waals surface area contributed by atoms with E-state index >= 15 is 0 Å². The molecule has 2 aromatic carbocycles. The molecular weight excluding hydrogens is 285 g/mol. The number of halogens is 1. The number of nitrogens with zero attached hydrogens (tertiary/aromatic N) is 1. The van der Waals surface area contributed by atoms with Crippen LogP contribution in [0.3, 0.4) is 0 Å². The van der Waals surface area contributed by atoms with E-state index < -0.39 is 11.8 Å². The summed E-state index contributed by atoms with van der Waals surface area (Å²) >= 11 is 0. The number of methoxy groups -OCH3 is 1. The van der Waals surface area contributed by atoms with E-state index in [4.69, 9.17) is 0 Å². The first-order chi connectivity index (χ1) is 10.6. The topological polar surface area (TPSA) is 59.4 Å². The van der Waals surface area contributed by atoms with Gasteiger partial charge < -0.3 is 9.84 Å². The zero-order valence-electron chi connectivity index (χ0n) is 11.7. The first-order valence-corrected chi connectivity index (χ1v) is 6.56. The molecule has 0 unspecified atom stereocenters. The maximum absolute atomic E-state index is 13.9. The minimum Gasteiger partial charge on any atom is -0.508 e. The van der Waals surface area contributed by atoms with Gasteiger partial charge in [-0.15, -0.1) is 0 Å². The van der Waals surface area contributed by atoms with E-state index in [0.29, 0.717) is 16.6 Å². The van der Waals surface area contributed by atoms with E-state index in [2.05, 4.69) is 9.72 Å². The smallest absolute Gasteiger partial charge is 0.337 e. The third-order valence-electron chi connectivity index (χ3n) is 3.33. The summed E-state index contributed by atoms with van der Waals surface area (Å²) in [5.74, 6) is -1.13. The van der Waals surface area contributed by atoms with Gasteiger partial charge in [-0.1, -0.05) is 18.2 Å². The summed E-state index contributed by atoms with van der Waals surface area (Å²) in [5.41, 5.74) is 1.95. The predicted molar refractivity (Wildman–Crippen MR) is 80.1 cm³/mol. The predicted octanol–water partition coefficient (Wildman–Crippen LogP) is 3.53. The lowest BCUT2D eigenvalue weighted by atomic mass is 10.1. The van der Waals surface area contributed by atoms with Gasteiger partial charge >= 0.3 is 5.97 Å². The van der Waals surface area contributed by atoms with Crippen molar-refractivity contribution in [2.45, 2.75) is 0 Å². The molecule has 5 heteroatoms. The third-order valence-corrected chi connectivity index (χ3v) is 3.33. The quantitative estimate of drug-likeness (QED) is 0.735. The summed E-state index contributed by atoms with van der Waals surface area (Å²) in [5, 5.41) is 9.91. The number of aromatic hydroxyl groups is 1. The molecule has 1 aromatic heterocycles. The molecule has 22 heavy (non-hydrogen) atoms. The molecular formula is C17H12FNO3. The summed E-state index contributed by atoms with van der Waals surface area (Å²) in [6.45, 7) is 0. The highest BCUT2D eigenvalue weighted by molar-refractivity contribution is 5.90. The molecule has 0 saturated heterocycles. The van der Waals surface area contributed by atoms with Crippen molar-refractivity contribution in [3.63, 3.8) is 0 Å². The number of aromatic nitrogens is 1. The van der Waals surface area contributed by atoms with Crippen LogP contribution in [-0.4, -0.2) is 23.2 Å². The summed E-state index contributed by atoms with van der Waals surface area (Å²) in [7, 11) is 1.32. The molecule has 0 amide bonds. The number of hydrogen-bond donors (Lipinski definition) is 1. The number of carbonyl (C=O) groups is 1. The Morgan fingerprint density at radius 2 is 1.86 bits per heavy atom. The Bertz CT molecular complexity index is 860. The number of phenols is 1. The lowest BCUT2D eigenvalue weighted by Crippen LogP contribution is -2.00. The molecule has 0 radical (unpaired) electrons. The average Bonchev–Trinajstić information content (AvgIpc) is 2.54. The molecule has 0 bridgehead atoms. The Morgan fingerprint density at radius 3 is 2.55 bits per heavy atom. The van der Waals surface area contributed by atoms with Crippen molar-refractivity contribution in [1.82, 2.24) is 4.98 Å². The third kappa shape index (κ3) is 2.48. The highest BCUT2D eigenvalue weighted by atomic mass is 19.1. The standard InChI is InChI=1S/C17H12FNO3/c1-22-17(21)11-4-2-10(3-5-11)15-7-6-12-8-13(20)9-14(18)16(12)19-15/h2-9,20H,1H3. The van der Waals surface area contributed by atoms with E-state index in [-0.39, 0.29) is 11.3 Å². The zero-order chi connectivity index (χ0) is 15.7. The fraction of sp³-hybridized carbons (Fsp3) is 0.0588. The van der Waals surface area contributed by atoms with Crippen molar-refractivity contribution in [1.29, 1.82) is 0 Å². The molecule has 0 spiro atoms. The molecule has 0 atom stereocenters. The number of hydrogen-bond acceptors (Lipinski definition) is 4. The molecule has 1 heterocycles. The van der Waals surface area contributed by atoms with Crippen molar-refractivity contribution in [3.05, 3.63) is 59.9 Å². The van der Waals surface area contributed by atoms with E-state index in [0.717, 1.165) is 11.6 Å². The highest BCUT2D eigenvalue weighted by Gasteiger charge is 2.09. The van der Waals surface area contributed by atoms with Gasteiger partial charge in [0.25, 0.3) is 0 Å². The lowest BCUT2D eigenvalue weighted by molar-refractivity contribution is 0.0601. The van der Waals surface area contributed by atoms with Crippen LogP contribution >= 0.6 is 0 Å². The minimum atomic E-state index is -0.581. The zero-order valence-corrected chi connectivity index (χ0v) is 11.7. The maximum atomic E-state index is 13.9. The van der Waals surface area contributed by atoms with Crippen LogP contribution in [-0.2, 0) is 4.74 Å². The van der Waals surface area contributed by atoms with Crippen LogP contribution in [0.4, 0.5) is 4.39 Å². The number of phenolic OH excluding ortho intramolecular Hbond substituents is 1. The second-order valence-corrected chi connectivity index (χ2v) is 4.76. The maximum Gasteiger partial charge on any atom is 0.337 e. The first-order valence-electron chi connectivity index (χ1n) is 6.56. The second-order valence-electron chi connectivity index (χ2n) is 4.76. The van der Waals surface area contributed by atoms with Crippen LogP contribution in [0.5, 0.6) is 5.75 Å². The summed E-state index contributed by atoms with van der Waals surface area (Å²) in [6.07, 6.45) is 0. The van der Waals surface area contributed by atoms with Crippen LogP contribution in [0.15, 0.2) is 48.5 Å². The fourth-order valence-electron chi connectivity index (χ4n) is 2.23. The molecule has 4 nitrogen and oxygen atoms in total. The van der Waals surface area contributed by atoms with Gasteiger partial charge in [0.1, 0.15) is 11.3 Å². The van der Waals surface area contributed by atoms with Gasteiger partial charge in [0.05, 0.1) is 18.4 Å². The van der Waals surface area contributed by atoms with Crippen LogP contribution in [0.2, 0.25) is 0 Å². The Morgan fingerprint density at radius 1 is 1.14 bits per heavy atom. The number of ether oxygens (including phenoxy) is 1. The molecule has 3 rings (SSSR count). The van der Waals surface area contributed by atoms with Gasteiger partial charge in [0, 0.05) is 17.0 Å². The largest absolute Gasteiger partial charge is 0.508 e. The molecule has 0 aliphatic heterocycles. The molecule has 3 aromatic rings. The van der Waals surface area contributed by atoms with Crippen LogP contribution in [0.25, 0.3) is 22.2 Å². The van der Waals surface area contributed by atoms with Crippen molar-refractivity contribution in [2.24, 2.45) is 0 Å². The van der Waals surface area contributed by atoms with Crippen LogP contribution in [0.1, 0.15) is 10.4 Å². The second kappa shape index (κ2) is 5.44. The van der Waals surface area contributed by atoms with Gasteiger partial charge in [0.2, 0.25) is 0 Å². The first kappa shape index (κ1) is 14.0. The number of pyridine rings is 1. The number of esters is 1. The van der Waals surface area contributed by atoms with E-state index in [1.807, 2.05) is 0 Å². The van der Waals surface area contributed by atoms with Gasteiger partial charge in [0.15, 0.2) is 5.82 Å². The summed E-state index contributed by atoms with van der Waals surface area (Å²) in [6, 6.07) is 12.6. The van der Waals surface area contributed by atoms with Crippen molar-refractivity contribution in [3.8, 4) is 17.0 Å². The highest BCUT2D eigenvalue weighted by Crippen LogP contribution is 2.26. The molecule has 0 aliphatic carbocycles. The number of fused-ring (bicyclic) bond motifs is 1. The summed E-state index contributed by atoms with van der Waals surface area (Å²) < 4.78 is 18.5.